The van der Waals surface area contributed by atoms with E-state index in [4.69, 9.17) is 19.4 Å². The zero-order valence-electron chi connectivity index (χ0n) is 17.4. The van der Waals surface area contributed by atoms with Crippen LogP contribution in [0, 0.1) is 0 Å². The molecule has 0 saturated carbocycles. The summed E-state index contributed by atoms with van der Waals surface area (Å²) in [7, 11) is 0. The lowest BCUT2D eigenvalue weighted by Crippen LogP contribution is -2.14. The van der Waals surface area contributed by atoms with Crippen LogP contribution in [0.1, 0.15) is 24.5 Å². The van der Waals surface area contributed by atoms with Gasteiger partial charge >= 0.3 is 5.97 Å². The highest BCUT2D eigenvalue weighted by Gasteiger charge is 2.10. The lowest BCUT2D eigenvalue weighted by molar-refractivity contribution is -0.136. The van der Waals surface area contributed by atoms with Crippen LogP contribution in [0.2, 0.25) is 0 Å². The summed E-state index contributed by atoms with van der Waals surface area (Å²) in [6.07, 6.45) is 0.780. The largest absolute Gasteiger partial charge is 0.487 e. The maximum Gasteiger partial charge on any atom is 0.307 e. The molecule has 0 aliphatic carbocycles. The van der Waals surface area contributed by atoms with Gasteiger partial charge in [-0.3, -0.25) is 4.79 Å². The number of benzene rings is 3. The molecule has 0 radical (unpaired) electrons. The zero-order valence-corrected chi connectivity index (χ0v) is 17.4. The van der Waals surface area contributed by atoms with Gasteiger partial charge in [0.05, 0.1) is 6.42 Å². The topological polar surface area (TPSA) is 77.4 Å². The highest BCUT2D eigenvalue weighted by atomic mass is 16.6. The standard InChI is InChI=1S/C25H25NO5/c1-2-14-30-26-24(18-29-22-12-6-8-19(15-22)16-25(27)28)20-9-7-13-23(17-20)31-21-10-4-3-5-11-21/h3-13,15,17H,2,14,16,18H2,1H3,(H,27,28). The number of carboxylic acids is 1. The number of para-hydroxylation sites is 1. The van der Waals surface area contributed by atoms with Crippen LogP contribution in [0.5, 0.6) is 17.2 Å². The Morgan fingerprint density at radius 1 is 0.903 bits per heavy atom. The quantitative estimate of drug-likeness (QED) is 0.259. The molecule has 3 aromatic carbocycles. The number of nitrogens with zero attached hydrogens (tertiary/aromatic N) is 1. The van der Waals surface area contributed by atoms with Crippen molar-refractivity contribution >= 4 is 11.7 Å². The minimum Gasteiger partial charge on any atom is -0.487 e. The molecule has 160 valence electrons. The fraction of sp³-hybridized carbons (Fsp3) is 0.200. The van der Waals surface area contributed by atoms with E-state index in [1.807, 2.05) is 61.5 Å². The minimum atomic E-state index is -0.886. The first-order valence-electron chi connectivity index (χ1n) is 10.1. The molecular weight excluding hydrogens is 394 g/mol. The molecule has 0 heterocycles. The van der Waals surface area contributed by atoms with Gasteiger partial charge in [-0.2, -0.15) is 0 Å². The van der Waals surface area contributed by atoms with Gasteiger partial charge in [-0.15, -0.1) is 0 Å². The Morgan fingerprint density at radius 2 is 1.65 bits per heavy atom. The van der Waals surface area contributed by atoms with Crippen LogP contribution in [-0.4, -0.2) is 30.0 Å². The van der Waals surface area contributed by atoms with Crippen LogP contribution in [0.15, 0.2) is 84.0 Å². The zero-order chi connectivity index (χ0) is 21.9. The van der Waals surface area contributed by atoms with E-state index in [-0.39, 0.29) is 13.0 Å². The number of oxime groups is 1. The second kappa shape index (κ2) is 11.4. The summed E-state index contributed by atoms with van der Waals surface area (Å²) in [5.41, 5.74) is 2.09. The average molecular weight is 419 g/mol. The molecule has 0 amide bonds. The van der Waals surface area contributed by atoms with E-state index in [0.29, 0.717) is 29.4 Å². The van der Waals surface area contributed by atoms with Gasteiger partial charge in [0.2, 0.25) is 0 Å². The summed E-state index contributed by atoms with van der Waals surface area (Å²) < 4.78 is 11.8. The van der Waals surface area contributed by atoms with E-state index in [0.717, 1.165) is 17.7 Å². The summed E-state index contributed by atoms with van der Waals surface area (Å²) >= 11 is 0. The van der Waals surface area contributed by atoms with E-state index in [1.165, 1.54) is 0 Å². The first kappa shape index (κ1) is 21.9. The van der Waals surface area contributed by atoms with E-state index < -0.39 is 5.97 Å². The molecule has 0 atom stereocenters. The molecule has 31 heavy (non-hydrogen) atoms. The second-order valence-corrected chi connectivity index (χ2v) is 6.82. The Bertz CT molecular complexity index is 1020. The van der Waals surface area contributed by atoms with E-state index in [9.17, 15) is 4.79 Å². The molecule has 0 aliphatic rings. The predicted octanol–water partition coefficient (Wildman–Crippen LogP) is 5.32. The van der Waals surface area contributed by atoms with Gasteiger partial charge in [-0.05, 0) is 48.4 Å². The minimum absolute atomic E-state index is 0.0589. The number of hydrogen-bond donors (Lipinski definition) is 1. The normalized spacial score (nSPS) is 11.1. The molecule has 0 aliphatic heterocycles. The number of ether oxygens (including phenoxy) is 2. The van der Waals surface area contributed by atoms with E-state index in [1.54, 1.807) is 24.3 Å². The number of rotatable bonds is 11. The SMILES string of the molecule is CCCON=C(COc1cccc(CC(=O)O)c1)c1cccc(Oc2ccccc2)c1. The smallest absolute Gasteiger partial charge is 0.307 e. The van der Waals surface area contributed by atoms with Gasteiger partial charge in [-0.25, -0.2) is 0 Å². The Kier molecular flexibility index (Phi) is 8.05. The average Bonchev–Trinajstić information content (AvgIpc) is 2.77. The van der Waals surface area contributed by atoms with Crippen LogP contribution in [0.3, 0.4) is 0 Å². The predicted molar refractivity (Wildman–Crippen MR) is 119 cm³/mol. The lowest BCUT2D eigenvalue weighted by atomic mass is 10.1. The van der Waals surface area contributed by atoms with Gasteiger partial charge in [0.25, 0.3) is 0 Å². The number of carbonyl (C=O) groups is 1. The third-order valence-electron chi connectivity index (χ3n) is 4.25. The fourth-order valence-electron chi connectivity index (χ4n) is 2.81. The summed E-state index contributed by atoms with van der Waals surface area (Å²) in [4.78, 5) is 16.4. The van der Waals surface area contributed by atoms with Crippen molar-refractivity contribution in [1.29, 1.82) is 0 Å². The first-order valence-corrected chi connectivity index (χ1v) is 10.1. The Balaban J connectivity index is 1.76. The molecule has 0 aromatic heterocycles. The van der Waals surface area contributed by atoms with Crippen LogP contribution >= 0.6 is 0 Å². The molecule has 6 nitrogen and oxygen atoms in total. The van der Waals surface area contributed by atoms with Crippen LogP contribution in [0.4, 0.5) is 0 Å². The monoisotopic (exact) mass is 419 g/mol. The lowest BCUT2D eigenvalue weighted by Gasteiger charge is -2.12. The van der Waals surface area contributed by atoms with Crippen LogP contribution in [-0.2, 0) is 16.1 Å². The molecule has 0 bridgehead atoms. The molecule has 6 heteroatoms. The molecule has 3 aromatic rings. The Morgan fingerprint density at radius 3 is 2.42 bits per heavy atom. The Hall–Kier alpha value is -3.80. The van der Waals surface area contributed by atoms with Crippen LogP contribution in [0.25, 0.3) is 0 Å². The van der Waals surface area contributed by atoms with Crippen molar-refractivity contribution in [2.75, 3.05) is 13.2 Å². The summed E-state index contributed by atoms with van der Waals surface area (Å²) in [5.74, 6) is 1.10. The van der Waals surface area contributed by atoms with Crippen molar-refractivity contribution in [1.82, 2.24) is 0 Å². The van der Waals surface area contributed by atoms with E-state index in [2.05, 4.69) is 5.16 Å². The van der Waals surface area contributed by atoms with Gasteiger partial charge in [0, 0.05) is 5.56 Å². The molecule has 3 rings (SSSR count). The van der Waals surface area contributed by atoms with Crippen molar-refractivity contribution in [3.63, 3.8) is 0 Å². The first-order chi connectivity index (χ1) is 15.1. The summed E-state index contributed by atoms with van der Waals surface area (Å²) in [6, 6.07) is 24.1. The third kappa shape index (κ3) is 7.19. The van der Waals surface area contributed by atoms with Gasteiger partial charge in [0.15, 0.2) is 0 Å². The van der Waals surface area contributed by atoms with Crippen molar-refractivity contribution < 1.29 is 24.2 Å². The molecule has 0 saturated heterocycles. The number of hydrogen-bond acceptors (Lipinski definition) is 5. The number of aliphatic carboxylic acids is 1. The molecule has 0 spiro atoms. The maximum atomic E-state index is 11.0. The van der Waals surface area contributed by atoms with Crippen molar-refractivity contribution in [2.24, 2.45) is 5.16 Å². The van der Waals surface area contributed by atoms with Crippen molar-refractivity contribution in [3.05, 3.63) is 90.0 Å². The van der Waals surface area contributed by atoms with Crippen molar-refractivity contribution in [2.45, 2.75) is 19.8 Å². The van der Waals surface area contributed by atoms with E-state index >= 15 is 0 Å². The molecular formula is C25H25NO5. The molecule has 1 N–H and O–H groups in total. The highest BCUT2D eigenvalue weighted by molar-refractivity contribution is 6.01. The fourth-order valence-corrected chi connectivity index (χ4v) is 2.81. The number of carboxylic acid groups (broad SMARTS) is 1. The summed E-state index contributed by atoms with van der Waals surface area (Å²) in [5, 5.41) is 13.2. The molecule has 0 unspecified atom stereocenters. The van der Waals surface area contributed by atoms with Crippen molar-refractivity contribution in [3.8, 4) is 17.2 Å². The summed E-state index contributed by atoms with van der Waals surface area (Å²) in [6.45, 7) is 2.67. The van der Waals surface area contributed by atoms with Gasteiger partial charge < -0.3 is 19.4 Å². The highest BCUT2D eigenvalue weighted by Crippen LogP contribution is 2.22. The molecule has 0 fully saturated rings. The maximum absolute atomic E-state index is 11.0. The second-order valence-electron chi connectivity index (χ2n) is 6.82. The third-order valence-corrected chi connectivity index (χ3v) is 4.25. The van der Waals surface area contributed by atoms with Crippen LogP contribution < -0.4 is 9.47 Å². The van der Waals surface area contributed by atoms with Gasteiger partial charge in [-0.1, -0.05) is 54.5 Å². The van der Waals surface area contributed by atoms with Gasteiger partial charge in [0.1, 0.15) is 36.2 Å². The Labute approximate surface area is 181 Å².